The van der Waals surface area contributed by atoms with Crippen molar-refractivity contribution in [1.82, 2.24) is 19.5 Å². The molecule has 184 valence electrons. The number of likely N-dealkylation sites (N-methyl/N-ethyl adjacent to an activating group) is 1. The summed E-state index contributed by atoms with van der Waals surface area (Å²) in [6.45, 7) is 4.62. The predicted octanol–water partition coefficient (Wildman–Crippen LogP) is 2.31. The van der Waals surface area contributed by atoms with Crippen LogP contribution in [-0.4, -0.2) is 71.4 Å². The molecule has 3 heterocycles. The van der Waals surface area contributed by atoms with Gasteiger partial charge in [-0.05, 0) is 56.0 Å². The molecule has 12 heteroatoms. The maximum atomic E-state index is 14.1. The van der Waals surface area contributed by atoms with Crippen molar-refractivity contribution in [1.29, 1.82) is 0 Å². The number of nitrogens with two attached hydrogens (primary N) is 1. The number of amides is 3. The van der Waals surface area contributed by atoms with Crippen LogP contribution in [-0.2, 0) is 6.61 Å². The van der Waals surface area contributed by atoms with Crippen LogP contribution in [0.4, 0.5) is 18.6 Å². The standard InChI is InChI=1S/C22H28F2N6O3S/c1-12-6-16(23)15(17(24)7-12)11-33-20-18(19(25)31)21(34-28-20)27-22(32)26-4-3-5-30-10-13-8-14(30)9-29(13)2/h6-7,13-14H,3-5,8-11H2,1-2H3,(H2,25,31)(H2,26,27,32). The first kappa shape index (κ1) is 24.3. The van der Waals surface area contributed by atoms with E-state index in [1.54, 1.807) is 6.92 Å². The quantitative estimate of drug-likeness (QED) is 0.461. The number of carbonyl (C=O) groups is 2. The maximum absolute atomic E-state index is 14.1. The number of aryl methyl sites for hydroxylation is 1. The van der Waals surface area contributed by atoms with E-state index < -0.39 is 30.2 Å². The molecule has 2 atom stereocenters. The molecule has 2 bridgehead atoms. The second-order valence-corrected chi connectivity index (χ2v) is 9.54. The minimum atomic E-state index is -0.877. The maximum Gasteiger partial charge on any atom is 0.319 e. The SMILES string of the molecule is Cc1cc(F)c(COc2nsc(NC(=O)NCCCN3CC4CC3CN4C)c2C(N)=O)c(F)c1. The molecule has 9 nitrogen and oxygen atoms in total. The number of benzene rings is 1. The third-order valence-corrected chi connectivity index (χ3v) is 7.05. The largest absolute Gasteiger partial charge is 0.471 e. The minimum absolute atomic E-state index is 0.102. The van der Waals surface area contributed by atoms with Crippen LogP contribution in [0.1, 0.15) is 34.3 Å². The second-order valence-electron chi connectivity index (χ2n) is 8.76. The first-order chi connectivity index (χ1) is 16.2. The molecule has 2 fully saturated rings. The highest BCUT2D eigenvalue weighted by Crippen LogP contribution is 2.31. The Bertz CT molecular complexity index is 1060. The molecule has 4 rings (SSSR count). The van der Waals surface area contributed by atoms with Gasteiger partial charge in [0.2, 0.25) is 5.88 Å². The Morgan fingerprint density at radius 1 is 1.26 bits per heavy atom. The van der Waals surface area contributed by atoms with E-state index in [-0.39, 0.29) is 22.0 Å². The van der Waals surface area contributed by atoms with Gasteiger partial charge in [-0.1, -0.05) is 0 Å². The summed E-state index contributed by atoms with van der Waals surface area (Å²) in [6.07, 6.45) is 2.01. The number of nitrogens with one attached hydrogen (secondary N) is 2. The van der Waals surface area contributed by atoms with E-state index in [2.05, 4.69) is 31.9 Å². The van der Waals surface area contributed by atoms with Gasteiger partial charge in [-0.15, -0.1) is 0 Å². The van der Waals surface area contributed by atoms with Gasteiger partial charge in [0.15, 0.2) is 0 Å². The van der Waals surface area contributed by atoms with E-state index in [9.17, 15) is 18.4 Å². The number of anilines is 1. The monoisotopic (exact) mass is 494 g/mol. The molecule has 2 unspecified atom stereocenters. The summed E-state index contributed by atoms with van der Waals surface area (Å²) in [5.41, 5.74) is 5.43. The van der Waals surface area contributed by atoms with Crippen LogP contribution in [0.2, 0.25) is 0 Å². The van der Waals surface area contributed by atoms with E-state index in [1.807, 2.05) is 0 Å². The lowest BCUT2D eigenvalue weighted by Crippen LogP contribution is -2.45. The number of likely N-dealkylation sites (tertiary alicyclic amines) is 2. The topological polar surface area (TPSA) is 113 Å². The highest BCUT2D eigenvalue weighted by molar-refractivity contribution is 7.11. The summed E-state index contributed by atoms with van der Waals surface area (Å²) < 4.78 is 37.5. The van der Waals surface area contributed by atoms with E-state index in [0.717, 1.165) is 37.6 Å². The summed E-state index contributed by atoms with van der Waals surface area (Å²) in [4.78, 5) is 29.1. The number of fused-ring (bicyclic) bond motifs is 2. The first-order valence-electron chi connectivity index (χ1n) is 11.1. The number of ether oxygens (including phenoxy) is 1. The fourth-order valence-electron chi connectivity index (χ4n) is 4.54. The molecule has 34 heavy (non-hydrogen) atoms. The Morgan fingerprint density at radius 2 is 2.00 bits per heavy atom. The van der Waals surface area contributed by atoms with Gasteiger partial charge in [-0.3, -0.25) is 15.0 Å². The number of carbonyl (C=O) groups excluding carboxylic acids is 2. The molecule has 4 N–H and O–H groups in total. The molecule has 0 aliphatic carbocycles. The number of piperazine rings is 1. The van der Waals surface area contributed by atoms with Crippen molar-refractivity contribution in [3.05, 3.63) is 40.5 Å². The molecule has 2 aliphatic heterocycles. The molecule has 0 radical (unpaired) electrons. The Balaban J connectivity index is 1.28. The highest BCUT2D eigenvalue weighted by Gasteiger charge is 2.40. The van der Waals surface area contributed by atoms with Crippen LogP contribution in [0.5, 0.6) is 5.88 Å². The lowest BCUT2D eigenvalue weighted by atomic mass is 10.1. The zero-order valence-corrected chi connectivity index (χ0v) is 19.9. The summed E-state index contributed by atoms with van der Waals surface area (Å²) >= 11 is 0.799. The lowest BCUT2D eigenvalue weighted by Gasteiger charge is -2.31. The number of primary amides is 1. The molecule has 2 saturated heterocycles. The molecular formula is C22H28F2N6O3S. The van der Waals surface area contributed by atoms with Crippen molar-refractivity contribution in [2.75, 3.05) is 38.5 Å². The summed E-state index contributed by atoms with van der Waals surface area (Å²) in [5, 5.41) is 5.42. The van der Waals surface area contributed by atoms with Gasteiger partial charge < -0.3 is 20.7 Å². The van der Waals surface area contributed by atoms with Crippen LogP contribution in [0.3, 0.4) is 0 Å². The van der Waals surface area contributed by atoms with Gasteiger partial charge in [0.05, 0.1) is 5.56 Å². The number of halogens is 2. The van der Waals surface area contributed by atoms with Gasteiger partial charge in [0.25, 0.3) is 5.91 Å². The van der Waals surface area contributed by atoms with Crippen molar-refractivity contribution < 1.29 is 23.1 Å². The third-order valence-electron chi connectivity index (χ3n) is 6.31. The number of aromatic nitrogens is 1. The van der Waals surface area contributed by atoms with Gasteiger partial charge in [-0.2, -0.15) is 4.37 Å². The number of rotatable bonds is 9. The predicted molar refractivity (Wildman–Crippen MR) is 124 cm³/mol. The second kappa shape index (κ2) is 10.2. The highest BCUT2D eigenvalue weighted by atomic mass is 32.1. The Kier molecular flexibility index (Phi) is 7.29. The number of hydrogen-bond donors (Lipinski definition) is 3. The molecule has 2 aromatic rings. The first-order valence-corrected chi connectivity index (χ1v) is 11.9. The summed E-state index contributed by atoms with van der Waals surface area (Å²) in [6, 6.07) is 3.09. The van der Waals surface area contributed by atoms with Crippen molar-refractivity contribution in [3.63, 3.8) is 0 Å². The van der Waals surface area contributed by atoms with E-state index in [1.165, 1.54) is 18.6 Å². The molecule has 0 saturated carbocycles. The minimum Gasteiger partial charge on any atom is -0.471 e. The fraction of sp³-hybridized carbons (Fsp3) is 0.500. The number of nitrogens with zero attached hydrogens (tertiary/aromatic N) is 3. The van der Waals surface area contributed by atoms with Crippen LogP contribution in [0, 0.1) is 18.6 Å². The van der Waals surface area contributed by atoms with Gasteiger partial charge >= 0.3 is 6.03 Å². The zero-order valence-electron chi connectivity index (χ0n) is 19.1. The number of urea groups is 1. The zero-order chi connectivity index (χ0) is 24.4. The van der Waals surface area contributed by atoms with E-state index in [4.69, 9.17) is 10.5 Å². The van der Waals surface area contributed by atoms with Crippen LogP contribution < -0.4 is 21.1 Å². The smallest absolute Gasteiger partial charge is 0.319 e. The lowest BCUT2D eigenvalue weighted by molar-refractivity contribution is 0.0996. The van der Waals surface area contributed by atoms with Crippen molar-refractivity contribution in [2.45, 2.75) is 38.5 Å². The third kappa shape index (κ3) is 5.29. The molecule has 1 aromatic heterocycles. The van der Waals surface area contributed by atoms with Crippen molar-refractivity contribution >= 4 is 28.5 Å². The Labute approximate surface area is 200 Å². The average Bonchev–Trinajstić information content (AvgIpc) is 3.44. The Hall–Kier alpha value is -2.83. The van der Waals surface area contributed by atoms with Crippen LogP contribution >= 0.6 is 11.5 Å². The summed E-state index contributed by atoms with van der Waals surface area (Å²) in [7, 11) is 2.16. The summed E-state index contributed by atoms with van der Waals surface area (Å²) in [5.74, 6) is -2.60. The van der Waals surface area contributed by atoms with Gasteiger partial charge in [0, 0.05) is 38.3 Å². The normalized spacial score (nSPS) is 20.0. The molecule has 1 aromatic carbocycles. The van der Waals surface area contributed by atoms with Gasteiger partial charge in [-0.25, -0.2) is 13.6 Å². The van der Waals surface area contributed by atoms with Crippen molar-refractivity contribution in [2.24, 2.45) is 5.73 Å². The van der Waals surface area contributed by atoms with Crippen LogP contribution in [0.25, 0.3) is 0 Å². The molecule has 3 amide bonds. The molecule has 0 spiro atoms. The molecule has 2 aliphatic rings. The van der Waals surface area contributed by atoms with E-state index >= 15 is 0 Å². The van der Waals surface area contributed by atoms with Gasteiger partial charge in [0.1, 0.15) is 28.8 Å². The van der Waals surface area contributed by atoms with Crippen molar-refractivity contribution in [3.8, 4) is 5.88 Å². The molecular weight excluding hydrogens is 466 g/mol. The Morgan fingerprint density at radius 3 is 2.62 bits per heavy atom. The van der Waals surface area contributed by atoms with E-state index in [0.29, 0.717) is 24.2 Å². The fourth-order valence-corrected chi connectivity index (χ4v) is 5.27. The van der Waals surface area contributed by atoms with Crippen LogP contribution in [0.15, 0.2) is 12.1 Å². The average molecular weight is 495 g/mol. The number of hydrogen-bond acceptors (Lipinski definition) is 7.